The molecule has 0 radical (unpaired) electrons. The number of thioether (sulfide) groups is 1. The number of aliphatic hydroxyl groups is 1. The third-order valence-electron chi connectivity index (χ3n) is 8.45. The summed E-state index contributed by atoms with van der Waals surface area (Å²) in [6.45, 7) is 9.76. The number of carbonyl (C=O) groups is 3. The Kier molecular flexibility index (Phi) is 6.79. The van der Waals surface area contributed by atoms with Crippen LogP contribution >= 0.6 is 11.8 Å². The first-order chi connectivity index (χ1) is 18.1. The normalized spacial score (nSPS) is 30.7. The van der Waals surface area contributed by atoms with E-state index in [9.17, 15) is 24.6 Å². The first kappa shape index (κ1) is 26.7. The third-order valence-corrected chi connectivity index (χ3v) is 10.4. The fourth-order valence-corrected chi connectivity index (χ4v) is 9.29. The van der Waals surface area contributed by atoms with Crippen LogP contribution in [0.2, 0.25) is 0 Å². The quantitative estimate of drug-likeness (QED) is 0.439. The van der Waals surface area contributed by atoms with Crippen molar-refractivity contribution in [3.05, 3.63) is 36.9 Å². The first-order valence-electron chi connectivity index (χ1n) is 13.1. The highest BCUT2D eigenvalue weighted by Gasteiger charge is 2.78. The van der Waals surface area contributed by atoms with Gasteiger partial charge in [0.25, 0.3) is 0 Å². The van der Waals surface area contributed by atoms with Gasteiger partial charge >= 0.3 is 5.97 Å². The lowest BCUT2D eigenvalue weighted by molar-refractivity contribution is -0.151. The number of nitrogens with zero attached hydrogens (tertiary/aromatic N) is 5. The molecule has 3 aliphatic rings. The van der Waals surface area contributed by atoms with Gasteiger partial charge in [-0.3, -0.25) is 14.4 Å². The molecule has 2 aromatic rings. The van der Waals surface area contributed by atoms with E-state index in [2.05, 4.69) is 16.9 Å². The van der Waals surface area contributed by atoms with Crippen molar-refractivity contribution in [3.63, 3.8) is 0 Å². The second-order valence-corrected chi connectivity index (χ2v) is 13.2. The smallest absolute Gasteiger partial charge is 0.308 e. The summed E-state index contributed by atoms with van der Waals surface area (Å²) in [6.07, 6.45) is 3.31. The standard InChI is InChI=1S/C27H35N5O5S/c1-5-12-30(15-31-19-9-7-6-8-18(19)28-29-31)24(35)22-27-11-10-26(4,38-27)21(25(36)37)20(27)23(34)32(22)17(14-33)13-16(2)3/h5-9,16-17,20-22,33H,1,10-15H2,2-4H3,(H,36,37)/t17-,20+,21+,22?,26-,27?/m1/s1. The van der Waals surface area contributed by atoms with E-state index in [1.54, 1.807) is 15.7 Å². The largest absolute Gasteiger partial charge is 0.481 e. The van der Waals surface area contributed by atoms with Crippen LogP contribution in [0.25, 0.3) is 11.0 Å². The van der Waals surface area contributed by atoms with Gasteiger partial charge in [-0.25, -0.2) is 4.68 Å². The Labute approximate surface area is 226 Å². The predicted molar refractivity (Wildman–Crippen MR) is 143 cm³/mol. The second kappa shape index (κ2) is 9.68. The van der Waals surface area contributed by atoms with Gasteiger partial charge in [0.1, 0.15) is 18.2 Å². The average molecular weight is 542 g/mol. The maximum absolute atomic E-state index is 14.5. The molecule has 4 heterocycles. The Morgan fingerprint density at radius 3 is 2.71 bits per heavy atom. The highest BCUT2D eigenvalue weighted by Crippen LogP contribution is 2.71. The first-order valence-corrected chi connectivity index (χ1v) is 13.9. The number of carbonyl (C=O) groups excluding carboxylic acids is 2. The number of carboxylic acid groups (broad SMARTS) is 1. The molecule has 3 fully saturated rings. The number of aliphatic carboxylic acids is 1. The molecule has 2 amide bonds. The second-order valence-electron chi connectivity index (χ2n) is 11.3. The van der Waals surface area contributed by atoms with Crippen LogP contribution in [0.4, 0.5) is 0 Å². The Morgan fingerprint density at radius 2 is 2.05 bits per heavy atom. The average Bonchev–Trinajstić information content (AvgIpc) is 3.57. The number of para-hydroxylation sites is 1. The van der Waals surface area contributed by atoms with Gasteiger partial charge in [-0.2, -0.15) is 0 Å². The Morgan fingerprint density at radius 1 is 1.32 bits per heavy atom. The van der Waals surface area contributed by atoms with E-state index in [0.29, 0.717) is 24.8 Å². The molecule has 2 bridgehead atoms. The minimum Gasteiger partial charge on any atom is -0.481 e. The molecule has 1 aromatic heterocycles. The van der Waals surface area contributed by atoms with Gasteiger partial charge in [-0.1, -0.05) is 37.3 Å². The van der Waals surface area contributed by atoms with E-state index < -0.39 is 39.4 Å². The molecule has 0 saturated carbocycles. The molecule has 1 aromatic carbocycles. The molecule has 11 heteroatoms. The van der Waals surface area contributed by atoms with Gasteiger partial charge < -0.3 is 20.0 Å². The maximum atomic E-state index is 14.5. The summed E-state index contributed by atoms with van der Waals surface area (Å²) >= 11 is 1.49. The third kappa shape index (κ3) is 3.93. The number of hydrogen-bond acceptors (Lipinski definition) is 7. The molecule has 6 atom stereocenters. The molecule has 3 saturated heterocycles. The summed E-state index contributed by atoms with van der Waals surface area (Å²) < 4.78 is 0.139. The van der Waals surface area contributed by atoms with Crippen molar-refractivity contribution in [2.75, 3.05) is 13.2 Å². The van der Waals surface area contributed by atoms with Crippen molar-refractivity contribution in [1.82, 2.24) is 24.8 Å². The zero-order valence-corrected chi connectivity index (χ0v) is 22.8. The highest BCUT2D eigenvalue weighted by molar-refractivity contribution is 8.02. The lowest BCUT2D eigenvalue weighted by Crippen LogP contribution is -2.57. The molecule has 5 rings (SSSR count). The molecule has 204 valence electrons. The van der Waals surface area contributed by atoms with E-state index in [1.165, 1.54) is 16.7 Å². The number of aliphatic hydroxyl groups excluding tert-OH is 1. The van der Waals surface area contributed by atoms with Crippen molar-refractivity contribution in [1.29, 1.82) is 0 Å². The maximum Gasteiger partial charge on any atom is 0.308 e. The van der Waals surface area contributed by atoms with Gasteiger partial charge in [0.2, 0.25) is 11.8 Å². The van der Waals surface area contributed by atoms with E-state index in [4.69, 9.17) is 0 Å². The van der Waals surface area contributed by atoms with Crippen molar-refractivity contribution >= 4 is 40.6 Å². The SMILES string of the molecule is C=CCN(Cn1nnc2ccccc21)C(=O)C1N([C@@H](CO)CC(C)C)C(=O)[C@@H]2[C@@H](C(=O)O)[C@@]3(C)CCC12S3. The zero-order valence-electron chi connectivity index (χ0n) is 22.0. The Balaban J connectivity index is 1.58. The number of aromatic nitrogens is 3. The molecule has 1 spiro atoms. The minimum absolute atomic E-state index is 0.100. The van der Waals surface area contributed by atoms with Crippen LogP contribution in [0.15, 0.2) is 36.9 Å². The lowest BCUT2D eigenvalue weighted by atomic mass is 9.66. The van der Waals surface area contributed by atoms with Crippen LogP contribution < -0.4 is 0 Å². The summed E-state index contributed by atoms with van der Waals surface area (Å²) in [4.78, 5) is 44.3. The number of carboxylic acids is 1. The van der Waals surface area contributed by atoms with Crippen LogP contribution in [0.1, 0.15) is 40.0 Å². The minimum atomic E-state index is -1.01. The number of fused-ring (bicyclic) bond motifs is 2. The van der Waals surface area contributed by atoms with E-state index in [-0.39, 0.29) is 37.6 Å². The van der Waals surface area contributed by atoms with Gasteiger partial charge in [-0.15, -0.1) is 23.4 Å². The molecular weight excluding hydrogens is 506 g/mol. The van der Waals surface area contributed by atoms with Crippen LogP contribution in [-0.2, 0) is 21.1 Å². The van der Waals surface area contributed by atoms with Crippen LogP contribution in [-0.4, -0.2) is 87.5 Å². The highest BCUT2D eigenvalue weighted by atomic mass is 32.2. The molecule has 38 heavy (non-hydrogen) atoms. The fraction of sp³-hybridized carbons (Fsp3) is 0.593. The summed E-state index contributed by atoms with van der Waals surface area (Å²) in [5.41, 5.74) is 1.47. The van der Waals surface area contributed by atoms with Crippen molar-refractivity contribution in [2.45, 2.75) is 68.3 Å². The summed E-state index contributed by atoms with van der Waals surface area (Å²) in [7, 11) is 0. The Bertz CT molecular complexity index is 1280. The fourth-order valence-electron chi connectivity index (χ4n) is 6.96. The van der Waals surface area contributed by atoms with E-state index in [1.807, 2.05) is 45.0 Å². The molecule has 3 aliphatic heterocycles. The van der Waals surface area contributed by atoms with Gasteiger partial charge in [0.15, 0.2) is 0 Å². The lowest BCUT2D eigenvalue weighted by Gasteiger charge is -2.40. The Hall–Kier alpha value is -2.92. The molecule has 10 nitrogen and oxygen atoms in total. The number of rotatable bonds is 10. The topological polar surface area (TPSA) is 129 Å². The number of amides is 2. The van der Waals surface area contributed by atoms with Gasteiger partial charge in [0, 0.05) is 11.3 Å². The van der Waals surface area contributed by atoms with Gasteiger partial charge in [-0.05, 0) is 44.2 Å². The summed E-state index contributed by atoms with van der Waals surface area (Å²) in [6, 6.07) is 5.98. The van der Waals surface area contributed by atoms with Crippen LogP contribution in [0.5, 0.6) is 0 Å². The van der Waals surface area contributed by atoms with Crippen molar-refractivity contribution in [3.8, 4) is 0 Å². The molecule has 2 N–H and O–H groups in total. The van der Waals surface area contributed by atoms with Crippen LogP contribution in [0.3, 0.4) is 0 Å². The van der Waals surface area contributed by atoms with E-state index >= 15 is 0 Å². The molecule has 2 unspecified atom stereocenters. The molecule has 0 aliphatic carbocycles. The number of likely N-dealkylation sites (tertiary alicyclic amines) is 1. The van der Waals surface area contributed by atoms with Crippen molar-refractivity contribution < 1.29 is 24.6 Å². The number of hydrogen-bond donors (Lipinski definition) is 2. The summed E-state index contributed by atoms with van der Waals surface area (Å²) in [5.74, 6) is -3.18. The number of benzene rings is 1. The molecular formula is C27H35N5O5S. The van der Waals surface area contributed by atoms with Crippen LogP contribution in [0, 0.1) is 17.8 Å². The monoisotopic (exact) mass is 541 g/mol. The zero-order chi connectivity index (χ0) is 27.4. The summed E-state index contributed by atoms with van der Waals surface area (Å²) in [5, 5.41) is 29.1. The van der Waals surface area contributed by atoms with E-state index in [0.717, 1.165) is 5.52 Å². The van der Waals surface area contributed by atoms with Gasteiger partial charge in [0.05, 0.1) is 34.7 Å². The predicted octanol–water partition coefficient (Wildman–Crippen LogP) is 2.38. The van der Waals surface area contributed by atoms with Crippen molar-refractivity contribution in [2.24, 2.45) is 17.8 Å².